The zero-order valence-electron chi connectivity index (χ0n) is 13.6. The maximum atomic E-state index is 12.1. The predicted molar refractivity (Wildman–Crippen MR) is 91.6 cm³/mol. The smallest absolute Gasteiger partial charge is 0.222 e. The van der Waals surface area contributed by atoms with Crippen molar-refractivity contribution in [2.75, 3.05) is 31.1 Å². The molecule has 0 N–H and O–H groups in total. The monoisotopic (exact) mass is 325 g/mol. The fourth-order valence-corrected chi connectivity index (χ4v) is 3.22. The lowest BCUT2D eigenvalue weighted by Crippen LogP contribution is -2.48. The van der Waals surface area contributed by atoms with Crippen LogP contribution in [0.2, 0.25) is 0 Å². The highest BCUT2D eigenvalue weighted by atomic mass is 16.4. The zero-order chi connectivity index (χ0) is 16.9. The second kappa shape index (κ2) is 7.34. The first-order valence-electron chi connectivity index (χ1n) is 8.35. The first-order valence-corrected chi connectivity index (χ1v) is 8.35. The van der Waals surface area contributed by atoms with Gasteiger partial charge in [-0.3, -0.25) is 4.79 Å². The van der Waals surface area contributed by atoms with Crippen molar-refractivity contribution in [3.05, 3.63) is 42.5 Å². The number of anilines is 1. The van der Waals surface area contributed by atoms with E-state index in [9.17, 15) is 14.7 Å². The number of hydrogen-bond donors (Lipinski definition) is 0. The molecule has 0 spiro atoms. The molecular weight excluding hydrogens is 304 g/mol. The van der Waals surface area contributed by atoms with Gasteiger partial charge in [0.25, 0.3) is 0 Å². The van der Waals surface area contributed by atoms with Crippen LogP contribution in [-0.2, 0) is 9.59 Å². The first-order chi connectivity index (χ1) is 11.6. The van der Waals surface area contributed by atoms with Crippen LogP contribution >= 0.6 is 0 Å². The maximum absolute atomic E-state index is 12.1. The molecule has 1 fully saturated rings. The summed E-state index contributed by atoms with van der Waals surface area (Å²) in [5, 5.41) is 12.9. The molecule has 1 saturated heterocycles. The van der Waals surface area contributed by atoms with Crippen LogP contribution in [0.15, 0.2) is 42.5 Å². The summed E-state index contributed by atoms with van der Waals surface area (Å²) in [6, 6.07) is 14.6. The van der Waals surface area contributed by atoms with E-state index >= 15 is 0 Å². The third kappa shape index (κ3) is 3.67. The van der Waals surface area contributed by atoms with Gasteiger partial charge in [0.1, 0.15) is 0 Å². The lowest BCUT2D eigenvalue weighted by Gasteiger charge is -2.36. The minimum Gasteiger partial charge on any atom is -0.550 e. The summed E-state index contributed by atoms with van der Waals surface area (Å²) < 4.78 is 0. The van der Waals surface area contributed by atoms with Crippen LogP contribution in [-0.4, -0.2) is 43.0 Å². The van der Waals surface area contributed by atoms with Crippen molar-refractivity contribution in [1.82, 2.24) is 4.90 Å². The molecule has 1 aliphatic rings. The van der Waals surface area contributed by atoms with Gasteiger partial charge in [-0.1, -0.05) is 36.4 Å². The summed E-state index contributed by atoms with van der Waals surface area (Å²) >= 11 is 0. The molecule has 0 unspecified atom stereocenters. The third-order valence-electron chi connectivity index (χ3n) is 4.51. The number of hydrogen-bond acceptors (Lipinski definition) is 4. The second-order valence-electron chi connectivity index (χ2n) is 6.09. The van der Waals surface area contributed by atoms with Crippen LogP contribution in [0.1, 0.15) is 19.3 Å². The number of carbonyl (C=O) groups is 2. The van der Waals surface area contributed by atoms with Crippen LogP contribution < -0.4 is 10.0 Å². The standard InChI is InChI=1S/C19H22N2O3/c22-18(9-4-10-19(23)24)21-13-11-20(12-14-21)17-8-3-6-15-5-1-2-7-16(15)17/h1-3,5-8H,4,9-14H2,(H,23,24)/p-1. The Kier molecular flexibility index (Phi) is 4.99. The normalized spacial score (nSPS) is 14.8. The van der Waals surface area contributed by atoms with E-state index in [1.165, 1.54) is 16.5 Å². The molecule has 1 heterocycles. The molecule has 3 rings (SSSR count). The van der Waals surface area contributed by atoms with E-state index in [1.54, 1.807) is 0 Å². The topological polar surface area (TPSA) is 63.7 Å². The molecule has 0 aromatic heterocycles. The van der Waals surface area contributed by atoms with Gasteiger partial charge in [-0.2, -0.15) is 0 Å². The highest BCUT2D eigenvalue weighted by Gasteiger charge is 2.21. The van der Waals surface area contributed by atoms with Crippen LogP contribution in [0.5, 0.6) is 0 Å². The summed E-state index contributed by atoms with van der Waals surface area (Å²) in [7, 11) is 0. The Morgan fingerprint density at radius 2 is 1.62 bits per heavy atom. The number of carboxylic acid groups (broad SMARTS) is 1. The van der Waals surface area contributed by atoms with Gasteiger partial charge in [0.05, 0.1) is 0 Å². The fraction of sp³-hybridized carbons (Fsp3) is 0.368. The van der Waals surface area contributed by atoms with Crippen molar-refractivity contribution in [2.45, 2.75) is 19.3 Å². The number of amides is 1. The number of piperazine rings is 1. The van der Waals surface area contributed by atoms with E-state index in [0.29, 0.717) is 19.5 Å². The molecule has 0 bridgehead atoms. The van der Waals surface area contributed by atoms with Gasteiger partial charge in [0.15, 0.2) is 0 Å². The molecule has 24 heavy (non-hydrogen) atoms. The van der Waals surface area contributed by atoms with Crippen LogP contribution in [0.3, 0.4) is 0 Å². The van der Waals surface area contributed by atoms with Crippen molar-refractivity contribution >= 4 is 28.3 Å². The lowest BCUT2D eigenvalue weighted by molar-refractivity contribution is -0.305. The quantitative estimate of drug-likeness (QED) is 0.834. The van der Waals surface area contributed by atoms with Crippen molar-refractivity contribution in [3.63, 3.8) is 0 Å². The Hall–Kier alpha value is -2.56. The molecule has 0 atom stereocenters. The van der Waals surface area contributed by atoms with E-state index in [0.717, 1.165) is 13.1 Å². The molecule has 0 saturated carbocycles. The summed E-state index contributed by atoms with van der Waals surface area (Å²) in [6.45, 7) is 2.93. The largest absolute Gasteiger partial charge is 0.550 e. The minimum atomic E-state index is -1.09. The molecule has 2 aromatic carbocycles. The maximum Gasteiger partial charge on any atom is 0.222 e. The van der Waals surface area contributed by atoms with Crippen LogP contribution in [0.25, 0.3) is 10.8 Å². The molecule has 2 aromatic rings. The van der Waals surface area contributed by atoms with Crippen molar-refractivity contribution in [1.29, 1.82) is 0 Å². The minimum absolute atomic E-state index is 0.0359. The Morgan fingerprint density at radius 3 is 2.38 bits per heavy atom. The number of rotatable bonds is 5. The molecule has 126 valence electrons. The first kappa shape index (κ1) is 16.3. The van der Waals surface area contributed by atoms with Gasteiger partial charge in [0.2, 0.25) is 5.91 Å². The van der Waals surface area contributed by atoms with Gasteiger partial charge >= 0.3 is 0 Å². The Labute approximate surface area is 141 Å². The van der Waals surface area contributed by atoms with E-state index in [-0.39, 0.29) is 18.7 Å². The van der Waals surface area contributed by atoms with Gasteiger partial charge < -0.3 is 19.7 Å². The molecule has 0 radical (unpaired) electrons. The van der Waals surface area contributed by atoms with Crippen LogP contribution in [0.4, 0.5) is 5.69 Å². The number of carbonyl (C=O) groups excluding carboxylic acids is 2. The number of nitrogens with zero attached hydrogens (tertiary/aromatic N) is 2. The van der Waals surface area contributed by atoms with Crippen molar-refractivity contribution < 1.29 is 14.7 Å². The number of carboxylic acids is 1. The molecule has 0 aliphatic carbocycles. The Balaban J connectivity index is 1.60. The Morgan fingerprint density at radius 1 is 0.917 bits per heavy atom. The van der Waals surface area contributed by atoms with Crippen molar-refractivity contribution in [2.24, 2.45) is 0 Å². The number of benzene rings is 2. The summed E-state index contributed by atoms with van der Waals surface area (Å²) in [4.78, 5) is 26.7. The van der Waals surface area contributed by atoms with E-state index in [2.05, 4.69) is 35.2 Å². The van der Waals surface area contributed by atoms with Crippen molar-refractivity contribution in [3.8, 4) is 0 Å². The summed E-state index contributed by atoms with van der Waals surface area (Å²) in [5.74, 6) is -1.06. The predicted octanol–water partition coefficient (Wildman–Crippen LogP) is 1.41. The van der Waals surface area contributed by atoms with Gasteiger partial charge in [-0.15, -0.1) is 0 Å². The zero-order valence-corrected chi connectivity index (χ0v) is 13.6. The van der Waals surface area contributed by atoms with Crippen LogP contribution in [0, 0.1) is 0 Å². The highest BCUT2D eigenvalue weighted by Crippen LogP contribution is 2.27. The molecule has 1 amide bonds. The molecule has 5 heteroatoms. The average Bonchev–Trinajstić information content (AvgIpc) is 2.61. The van der Waals surface area contributed by atoms with E-state index in [1.807, 2.05) is 17.0 Å². The molecular formula is C19H21N2O3-. The second-order valence-corrected chi connectivity index (χ2v) is 6.09. The summed E-state index contributed by atoms with van der Waals surface area (Å²) in [6.07, 6.45) is 0.578. The van der Waals surface area contributed by atoms with Gasteiger partial charge in [-0.25, -0.2) is 0 Å². The third-order valence-corrected chi connectivity index (χ3v) is 4.51. The molecule has 1 aliphatic heterocycles. The average molecular weight is 325 g/mol. The van der Waals surface area contributed by atoms with Gasteiger partial charge in [0, 0.05) is 49.6 Å². The fourth-order valence-electron chi connectivity index (χ4n) is 3.22. The summed E-state index contributed by atoms with van der Waals surface area (Å²) in [5.41, 5.74) is 1.21. The Bertz CT molecular complexity index is 731. The highest BCUT2D eigenvalue weighted by molar-refractivity contribution is 5.94. The van der Waals surface area contributed by atoms with E-state index < -0.39 is 5.97 Å². The SMILES string of the molecule is O=C([O-])CCCC(=O)N1CCN(c2cccc3ccccc23)CC1. The van der Waals surface area contributed by atoms with E-state index in [4.69, 9.17) is 0 Å². The molecule has 5 nitrogen and oxygen atoms in total. The van der Waals surface area contributed by atoms with Gasteiger partial charge in [-0.05, 0) is 24.3 Å². The number of fused-ring (bicyclic) bond motifs is 1. The number of aliphatic carboxylic acids is 1. The lowest BCUT2D eigenvalue weighted by atomic mass is 10.1.